The van der Waals surface area contributed by atoms with Crippen molar-refractivity contribution in [1.29, 1.82) is 0 Å². The Hall–Kier alpha value is -2.17. The topological polar surface area (TPSA) is 41.6 Å². The first-order valence-electron chi connectivity index (χ1n) is 8.44. The highest BCUT2D eigenvalue weighted by atomic mass is 16.5. The molecule has 1 fully saturated rings. The zero-order chi connectivity index (χ0) is 16.8. The maximum absolute atomic E-state index is 12.3. The fourth-order valence-electron chi connectivity index (χ4n) is 3.02. The number of morpholine rings is 1. The van der Waals surface area contributed by atoms with Crippen LogP contribution >= 0.6 is 0 Å². The lowest BCUT2D eigenvalue weighted by Crippen LogP contribution is -2.47. The summed E-state index contributed by atoms with van der Waals surface area (Å²) in [5.41, 5.74) is 3.03. The summed E-state index contributed by atoms with van der Waals surface area (Å²) in [6.45, 7) is 5.89. The molecule has 126 valence electrons. The molecule has 4 heteroatoms. The Morgan fingerprint density at radius 2 is 1.92 bits per heavy atom. The number of benzene rings is 2. The standard InChI is InChI=1S/C20H24N2O2/c1-16-7-5-6-10-19(16)20(23)21-13-18-15-22(11-12-24-18)14-17-8-3-2-4-9-17/h2-10,18H,11-15H2,1H3,(H,21,23). The van der Waals surface area contributed by atoms with Gasteiger partial charge in [-0.15, -0.1) is 0 Å². The van der Waals surface area contributed by atoms with E-state index in [4.69, 9.17) is 4.74 Å². The SMILES string of the molecule is Cc1ccccc1C(=O)NCC1CN(Cc2ccccc2)CCO1. The van der Waals surface area contributed by atoms with Gasteiger partial charge in [0.2, 0.25) is 0 Å². The van der Waals surface area contributed by atoms with Crippen LogP contribution in [0.3, 0.4) is 0 Å². The number of nitrogens with zero attached hydrogens (tertiary/aromatic N) is 1. The molecule has 1 atom stereocenters. The number of hydrogen-bond donors (Lipinski definition) is 1. The van der Waals surface area contributed by atoms with Crippen molar-refractivity contribution in [3.63, 3.8) is 0 Å². The van der Waals surface area contributed by atoms with E-state index in [2.05, 4.69) is 34.5 Å². The number of amides is 1. The van der Waals surface area contributed by atoms with E-state index in [0.717, 1.165) is 30.8 Å². The van der Waals surface area contributed by atoms with Crippen molar-refractivity contribution >= 4 is 5.91 Å². The summed E-state index contributed by atoms with van der Waals surface area (Å²) in [5, 5.41) is 3.00. The van der Waals surface area contributed by atoms with Gasteiger partial charge in [0.05, 0.1) is 12.7 Å². The van der Waals surface area contributed by atoms with Crippen LogP contribution in [0.2, 0.25) is 0 Å². The smallest absolute Gasteiger partial charge is 0.251 e. The van der Waals surface area contributed by atoms with Gasteiger partial charge in [-0.1, -0.05) is 48.5 Å². The zero-order valence-electron chi connectivity index (χ0n) is 14.1. The van der Waals surface area contributed by atoms with E-state index in [-0.39, 0.29) is 12.0 Å². The number of rotatable bonds is 5. The van der Waals surface area contributed by atoms with Gasteiger partial charge in [0.15, 0.2) is 0 Å². The van der Waals surface area contributed by atoms with Gasteiger partial charge in [0, 0.05) is 31.7 Å². The minimum atomic E-state index is -0.0307. The van der Waals surface area contributed by atoms with E-state index in [1.165, 1.54) is 5.56 Å². The number of carbonyl (C=O) groups excluding carboxylic acids is 1. The Balaban J connectivity index is 1.50. The molecule has 0 aliphatic carbocycles. The van der Waals surface area contributed by atoms with Crippen molar-refractivity contribution in [2.75, 3.05) is 26.2 Å². The molecule has 1 aliphatic rings. The van der Waals surface area contributed by atoms with E-state index in [1.54, 1.807) is 0 Å². The van der Waals surface area contributed by atoms with E-state index in [0.29, 0.717) is 13.2 Å². The second-order valence-corrected chi connectivity index (χ2v) is 6.24. The number of aryl methyl sites for hydroxylation is 1. The van der Waals surface area contributed by atoms with Crippen LogP contribution in [0, 0.1) is 6.92 Å². The second-order valence-electron chi connectivity index (χ2n) is 6.24. The maximum Gasteiger partial charge on any atom is 0.251 e. The first-order valence-corrected chi connectivity index (χ1v) is 8.44. The fraction of sp³-hybridized carbons (Fsp3) is 0.350. The quantitative estimate of drug-likeness (QED) is 0.919. The Bertz CT molecular complexity index is 672. The predicted octanol–water partition coefficient (Wildman–Crippen LogP) is 2.63. The van der Waals surface area contributed by atoms with Crippen molar-refractivity contribution in [1.82, 2.24) is 10.2 Å². The molecule has 1 heterocycles. The molecule has 2 aromatic carbocycles. The van der Waals surface area contributed by atoms with Crippen LogP contribution in [-0.4, -0.2) is 43.2 Å². The first-order chi connectivity index (χ1) is 11.7. The van der Waals surface area contributed by atoms with Crippen LogP contribution in [0.25, 0.3) is 0 Å². The molecule has 1 aliphatic heterocycles. The molecule has 0 spiro atoms. The van der Waals surface area contributed by atoms with Crippen molar-refractivity contribution in [2.24, 2.45) is 0 Å². The molecule has 1 unspecified atom stereocenters. The van der Waals surface area contributed by atoms with E-state index in [1.807, 2.05) is 37.3 Å². The summed E-state index contributed by atoms with van der Waals surface area (Å²) in [6, 6.07) is 18.1. The van der Waals surface area contributed by atoms with Crippen LogP contribution in [0.1, 0.15) is 21.5 Å². The zero-order valence-corrected chi connectivity index (χ0v) is 14.1. The van der Waals surface area contributed by atoms with Gasteiger partial charge in [-0.3, -0.25) is 9.69 Å². The van der Waals surface area contributed by atoms with Crippen LogP contribution in [-0.2, 0) is 11.3 Å². The lowest BCUT2D eigenvalue weighted by atomic mass is 10.1. The summed E-state index contributed by atoms with van der Waals surface area (Å²) in [6.07, 6.45) is 0.0374. The normalized spacial score (nSPS) is 18.3. The highest BCUT2D eigenvalue weighted by molar-refractivity contribution is 5.95. The molecule has 0 aromatic heterocycles. The minimum absolute atomic E-state index is 0.0307. The summed E-state index contributed by atoms with van der Waals surface area (Å²) in [5.74, 6) is -0.0307. The van der Waals surface area contributed by atoms with Gasteiger partial charge in [0.1, 0.15) is 0 Å². The number of nitrogens with one attached hydrogen (secondary N) is 1. The highest BCUT2D eigenvalue weighted by Crippen LogP contribution is 2.11. The first kappa shape index (κ1) is 16.7. The summed E-state index contributed by atoms with van der Waals surface area (Å²) in [7, 11) is 0. The Morgan fingerprint density at radius 3 is 2.71 bits per heavy atom. The Morgan fingerprint density at radius 1 is 1.17 bits per heavy atom. The molecule has 2 aromatic rings. The molecular weight excluding hydrogens is 300 g/mol. The lowest BCUT2D eigenvalue weighted by molar-refractivity contribution is -0.0292. The lowest BCUT2D eigenvalue weighted by Gasteiger charge is -2.33. The van der Waals surface area contributed by atoms with Crippen molar-refractivity contribution in [3.8, 4) is 0 Å². The average Bonchev–Trinajstić information content (AvgIpc) is 2.61. The van der Waals surface area contributed by atoms with Gasteiger partial charge in [-0.25, -0.2) is 0 Å². The van der Waals surface area contributed by atoms with Crippen LogP contribution < -0.4 is 5.32 Å². The molecule has 1 amide bonds. The third-order valence-corrected chi connectivity index (χ3v) is 4.35. The number of carbonyl (C=O) groups is 1. The maximum atomic E-state index is 12.3. The molecule has 24 heavy (non-hydrogen) atoms. The Labute approximate surface area is 143 Å². The average molecular weight is 324 g/mol. The van der Waals surface area contributed by atoms with Gasteiger partial charge < -0.3 is 10.1 Å². The van der Waals surface area contributed by atoms with Crippen molar-refractivity contribution in [3.05, 3.63) is 71.3 Å². The molecule has 0 radical (unpaired) electrons. The van der Waals surface area contributed by atoms with E-state index < -0.39 is 0 Å². The van der Waals surface area contributed by atoms with Crippen LogP contribution in [0.4, 0.5) is 0 Å². The third-order valence-electron chi connectivity index (χ3n) is 4.35. The predicted molar refractivity (Wildman–Crippen MR) is 95.0 cm³/mol. The van der Waals surface area contributed by atoms with Crippen LogP contribution in [0.15, 0.2) is 54.6 Å². The number of ether oxygens (including phenoxy) is 1. The largest absolute Gasteiger partial charge is 0.374 e. The van der Waals surface area contributed by atoms with Gasteiger partial charge in [-0.05, 0) is 24.1 Å². The molecule has 0 saturated carbocycles. The molecule has 4 nitrogen and oxygen atoms in total. The van der Waals surface area contributed by atoms with Gasteiger partial charge in [0.25, 0.3) is 5.91 Å². The van der Waals surface area contributed by atoms with Crippen LogP contribution in [0.5, 0.6) is 0 Å². The van der Waals surface area contributed by atoms with E-state index in [9.17, 15) is 4.79 Å². The number of hydrogen-bond acceptors (Lipinski definition) is 3. The molecule has 0 bridgehead atoms. The summed E-state index contributed by atoms with van der Waals surface area (Å²) >= 11 is 0. The van der Waals surface area contributed by atoms with Gasteiger partial charge in [-0.2, -0.15) is 0 Å². The summed E-state index contributed by atoms with van der Waals surface area (Å²) < 4.78 is 5.81. The van der Waals surface area contributed by atoms with Gasteiger partial charge >= 0.3 is 0 Å². The minimum Gasteiger partial charge on any atom is -0.374 e. The molecular formula is C20H24N2O2. The fourth-order valence-corrected chi connectivity index (χ4v) is 3.02. The molecule has 1 N–H and O–H groups in total. The van der Waals surface area contributed by atoms with E-state index >= 15 is 0 Å². The summed E-state index contributed by atoms with van der Waals surface area (Å²) in [4.78, 5) is 14.7. The Kier molecular flexibility index (Phi) is 5.62. The third kappa shape index (κ3) is 4.43. The monoisotopic (exact) mass is 324 g/mol. The van der Waals surface area contributed by atoms with Crippen molar-refractivity contribution < 1.29 is 9.53 Å². The second kappa shape index (κ2) is 8.08. The van der Waals surface area contributed by atoms with Crippen molar-refractivity contribution in [2.45, 2.75) is 19.6 Å². The highest BCUT2D eigenvalue weighted by Gasteiger charge is 2.21. The molecule has 3 rings (SSSR count). The molecule has 1 saturated heterocycles.